The van der Waals surface area contributed by atoms with E-state index in [9.17, 15) is 0 Å². The van der Waals surface area contributed by atoms with Gasteiger partial charge < -0.3 is 90.0 Å². The smallest absolute Gasteiger partial charge is 0.224 e. The highest BCUT2D eigenvalue weighted by molar-refractivity contribution is 5.03. The molecular formula is C36H54O19. The van der Waals surface area contributed by atoms with E-state index in [1.165, 1.54) is 0 Å². The van der Waals surface area contributed by atoms with Crippen LogP contribution >= 0.6 is 0 Å². The molecule has 312 valence electrons. The molecule has 0 spiro atoms. The van der Waals surface area contributed by atoms with Crippen LogP contribution in [0.15, 0.2) is 0 Å². The zero-order valence-electron chi connectivity index (χ0n) is 30.9. The van der Waals surface area contributed by atoms with E-state index in [0.717, 1.165) is 0 Å². The van der Waals surface area contributed by atoms with Crippen LogP contribution < -0.4 is 0 Å². The second-order valence-corrected chi connectivity index (χ2v) is 15.8. The van der Waals surface area contributed by atoms with Crippen LogP contribution in [0, 0.1) is 0 Å². The minimum absolute atomic E-state index is 0.00163. The Morgan fingerprint density at radius 2 is 0.782 bits per heavy atom. The lowest BCUT2D eigenvalue weighted by Gasteiger charge is -2.48. The molecule has 10 aliphatic rings. The van der Waals surface area contributed by atoms with Gasteiger partial charge in [0, 0.05) is 0 Å². The van der Waals surface area contributed by atoms with Gasteiger partial charge in [-0.2, -0.15) is 0 Å². The fraction of sp³-hybridized carbons (Fsp3) is 1.00. The molecule has 0 bridgehead atoms. The first-order valence-corrected chi connectivity index (χ1v) is 19.9. The highest BCUT2D eigenvalue weighted by atomic mass is 16.8. The third-order valence-electron chi connectivity index (χ3n) is 10.7. The Kier molecular flexibility index (Phi) is 12.2. The predicted molar refractivity (Wildman–Crippen MR) is 176 cm³/mol. The normalized spacial score (nSPS) is 47.1. The lowest BCUT2D eigenvalue weighted by molar-refractivity contribution is -0.396. The number of epoxide rings is 8. The molecule has 10 aliphatic heterocycles. The second-order valence-electron chi connectivity index (χ2n) is 15.8. The molecule has 0 N–H and O–H groups in total. The van der Waals surface area contributed by atoms with E-state index in [4.69, 9.17) is 90.0 Å². The van der Waals surface area contributed by atoms with Crippen molar-refractivity contribution < 1.29 is 90.0 Å². The Hall–Kier alpha value is -0.760. The number of hydrogen-bond donors (Lipinski definition) is 0. The monoisotopic (exact) mass is 790 g/mol. The molecule has 0 aromatic heterocycles. The zero-order chi connectivity index (χ0) is 36.6. The number of hydrogen-bond acceptors (Lipinski definition) is 19. The first-order chi connectivity index (χ1) is 27.1. The molecule has 8 unspecified atom stereocenters. The number of rotatable bonds is 29. The lowest BCUT2D eigenvalue weighted by Crippen LogP contribution is -2.65. The van der Waals surface area contributed by atoms with Crippen molar-refractivity contribution in [2.45, 2.75) is 104 Å². The van der Waals surface area contributed by atoms with Gasteiger partial charge in [-0.25, -0.2) is 0 Å². The van der Waals surface area contributed by atoms with E-state index in [0.29, 0.717) is 106 Å². The van der Waals surface area contributed by atoms with Crippen molar-refractivity contribution in [2.24, 2.45) is 0 Å². The molecule has 0 radical (unpaired) electrons. The molecule has 0 amide bonds. The van der Waals surface area contributed by atoms with Crippen LogP contribution in [-0.2, 0) is 90.0 Å². The van der Waals surface area contributed by atoms with Gasteiger partial charge in [0.2, 0.25) is 5.79 Å². The van der Waals surface area contributed by atoms with Gasteiger partial charge in [-0.1, -0.05) is 0 Å². The molecule has 0 aromatic carbocycles. The molecular weight excluding hydrogens is 736 g/mol. The van der Waals surface area contributed by atoms with Gasteiger partial charge in [0.05, 0.1) is 119 Å². The largest absolute Gasteiger partial charge is 0.376 e. The summed E-state index contributed by atoms with van der Waals surface area (Å²) >= 11 is 0. The van der Waals surface area contributed by atoms with Crippen molar-refractivity contribution in [3.05, 3.63) is 0 Å². The van der Waals surface area contributed by atoms with Gasteiger partial charge in [-0.3, -0.25) is 0 Å². The Morgan fingerprint density at radius 3 is 1.29 bits per heavy atom. The van der Waals surface area contributed by atoms with Gasteiger partial charge in [0.25, 0.3) is 0 Å². The average molecular weight is 791 g/mol. The zero-order valence-corrected chi connectivity index (χ0v) is 30.9. The molecule has 19 heteroatoms. The standard InChI is InChI=1S/C36H54O19/c1(20-4-40-20)37-17-28-30(48-12-23-7-43-23)32(50-14-25-9-45-25)33(51-15-26-10-46-26)35(53-28)55-36(19-39-3-22-6-42-22)34(52-16-27-11-47-27)31(49-13-24-8-44-24)29(54-36)18-38-2-21-5-41-21/h20-35H,1-19H2/t20?,21?,22?,23?,24?,25?,26?,27?,28-,29-,30-,31-,32+,33-,34+,35-,36+/m1/s1. The van der Waals surface area contributed by atoms with Gasteiger partial charge in [-0.05, 0) is 0 Å². The van der Waals surface area contributed by atoms with E-state index in [2.05, 4.69) is 0 Å². The van der Waals surface area contributed by atoms with Crippen LogP contribution in [0.2, 0.25) is 0 Å². The fourth-order valence-corrected chi connectivity index (χ4v) is 6.86. The van der Waals surface area contributed by atoms with Crippen molar-refractivity contribution in [1.82, 2.24) is 0 Å². The first kappa shape index (κ1) is 38.4. The lowest BCUT2D eigenvalue weighted by atomic mass is 9.97. The van der Waals surface area contributed by atoms with Crippen molar-refractivity contribution >= 4 is 0 Å². The summed E-state index contributed by atoms with van der Waals surface area (Å²) in [4.78, 5) is 0. The molecule has 10 saturated heterocycles. The van der Waals surface area contributed by atoms with Crippen LogP contribution in [0.4, 0.5) is 0 Å². The first-order valence-electron chi connectivity index (χ1n) is 19.9. The summed E-state index contributed by atoms with van der Waals surface area (Å²) in [7, 11) is 0. The second kappa shape index (κ2) is 17.5. The summed E-state index contributed by atoms with van der Waals surface area (Å²) in [6.07, 6.45) is -5.87. The Balaban J connectivity index is 0.956. The predicted octanol–water partition coefficient (Wildman–Crippen LogP) is -2.01. The fourth-order valence-electron chi connectivity index (χ4n) is 6.86. The maximum Gasteiger partial charge on any atom is 0.224 e. The third kappa shape index (κ3) is 11.3. The van der Waals surface area contributed by atoms with Crippen LogP contribution in [0.5, 0.6) is 0 Å². The maximum absolute atomic E-state index is 7.20. The molecule has 17 atom stereocenters. The average Bonchev–Trinajstić information content (AvgIpc) is 3.99. The summed E-state index contributed by atoms with van der Waals surface area (Å²) in [6.45, 7) is 8.19. The van der Waals surface area contributed by atoms with Crippen molar-refractivity contribution in [3.63, 3.8) is 0 Å². The van der Waals surface area contributed by atoms with Gasteiger partial charge >= 0.3 is 0 Å². The molecule has 55 heavy (non-hydrogen) atoms. The van der Waals surface area contributed by atoms with E-state index in [1.54, 1.807) is 0 Å². The van der Waals surface area contributed by atoms with Crippen LogP contribution in [0.25, 0.3) is 0 Å². The Bertz CT molecular complexity index is 1220. The summed E-state index contributed by atoms with van der Waals surface area (Å²) in [5.41, 5.74) is 0. The third-order valence-corrected chi connectivity index (χ3v) is 10.7. The molecule has 10 heterocycles. The van der Waals surface area contributed by atoms with E-state index in [-0.39, 0.29) is 68.7 Å². The summed E-state index contributed by atoms with van der Waals surface area (Å²) in [5, 5.41) is 0. The van der Waals surface area contributed by atoms with Gasteiger partial charge in [0.1, 0.15) is 98.2 Å². The topological polar surface area (TPSA) is 202 Å². The Labute approximate surface area is 319 Å². The van der Waals surface area contributed by atoms with Crippen molar-refractivity contribution in [2.75, 3.05) is 126 Å². The number of ether oxygens (including phenoxy) is 19. The van der Waals surface area contributed by atoms with Crippen LogP contribution in [0.1, 0.15) is 0 Å². The van der Waals surface area contributed by atoms with Crippen LogP contribution in [-0.4, -0.2) is 229 Å². The Morgan fingerprint density at radius 1 is 0.382 bits per heavy atom. The van der Waals surface area contributed by atoms with E-state index in [1.807, 2.05) is 0 Å². The maximum atomic E-state index is 7.20. The highest BCUT2D eigenvalue weighted by Crippen LogP contribution is 2.42. The van der Waals surface area contributed by atoms with E-state index < -0.39 is 54.8 Å². The SMILES string of the molecule is C(OC[C@H]1O[C@@](COCC2CO2)(O[C@H]2O[C@H](COCC3CO3)[C@@H](OCC3CO3)[C@H](OCC3CO3)[C@H]2OCC2CO2)[C@@H](OCC2CO2)[C@@H]1OCC1CO1)C1CO1. The summed E-state index contributed by atoms with van der Waals surface area (Å²) < 4.78 is 117. The molecule has 0 aliphatic carbocycles. The van der Waals surface area contributed by atoms with Crippen LogP contribution in [0.3, 0.4) is 0 Å². The van der Waals surface area contributed by atoms with Crippen molar-refractivity contribution in [3.8, 4) is 0 Å². The van der Waals surface area contributed by atoms with Gasteiger partial charge in [0.15, 0.2) is 6.29 Å². The summed E-state index contributed by atoms with van der Waals surface area (Å²) in [6, 6.07) is 0. The quantitative estimate of drug-likeness (QED) is 0.0752. The molecule has 10 fully saturated rings. The molecule has 0 aromatic rings. The van der Waals surface area contributed by atoms with Gasteiger partial charge in [-0.15, -0.1) is 0 Å². The molecule has 19 nitrogen and oxygen atoms in total. The summed E-state index contributed by atoms with van der Waals surface area (Å²) in [5.74, 6) is -1.57. The minimum atomic E-state index is -1.57. The molecule has 10 rings (SSSR count). The minimum Gasteiger partial charge on any atom is -0.376 e. The van der Waals surface area contributed by atoms with E-state index >= 15 is 0 Å². The highest BCUT2D eigenvalue weighted by Gasteiger charge is 2.62. The molecule has 0 saturated carbocycles. The van der Waals surface area contributed by atoms with Crippen molar-refractivity contribution in [1.29, 1.82) is 0 Å².